The average molecular weight is 779 g/mol. The van der Waals surface area contributed by atoms with E-state index in [0.717, 1.165) is 22.2 Å². The third-order valence-electron chi connectivity index (χ3n) is 7.07. The van der Waals surface area contributed by atoms with E-state index in [1.165, 1.54) is 47.5 Å². The monoisotopic (exact) mass is 778 g/mol. The predicted octanol–water partition coefficient (Wildman–Crippen LogP) is 7.61. The van der Waals surface area contributed by atoms with Gasteiger partial charge in [0, 0.05) is 48.9 Å². The molecule has 0 aliphatic carbocycles. The van der Waals surface area contributed by atoms with E-state index in [1.807, 2.05) is 19.1 Å². The molecule has 0 aliphatic rings. The van der Waals surface area contributed by atoms with Crippen molar-refractivity contribution in [2.45, 2.75) is 32.1 Å². The number of pyridine rings is 2. The quantitative estimate of drug-likeness (QED) is 0.134. The zero-order chi connectivity index (χ0) is 39.5. The summed E-state index contributed by atoms with van der Waals surface area (Å²) in [6, 6.07) is 11.1. The minimum absolute atomic E-state index is 0.137. The van der Waals surface area contributed by atoms with Gasteiger partial charge >= 0.3 is 24.3 Å². The number of halogens is 9. The molecule has 7 aromatic rings. The largest absolute Gasteiger partial charge is 0.468 e. The molecule has 0 spiro atoms. The lowest BCUT2D eigenvalue weighted by molar-refractivity contribution is -0.154. The molecule has 0 saturated carbocycles. The van der Waals surface area contributed by atoms with Crippen LogP contribution in [0, 0.1) is 12.7 Å². The molecule has 0 amide bonds. The van der Waals surface area contributed by atoms with Gasteiger partial charge in [0.1, 0.15) is 5.75 Å². The number of ether oxygens (including phenoxy) is 3. The van der Waals surface area contributed by atoms with Crippen LogP contribution in [0.3, 0.4) is 0 Å². The lowest BCUT2D eigenvalue weighted by atomic mass is 10.2. The van der Waals surface area contributed by atoms with Crippen LogP contribution in [-0.4, -0.2) is 74.7 Å². The first-order valence-corrected chi connectivity index (χ1v) is 15.5. The van der Waals surface area contributed by atoms with Crippen molar-refractivity contribution in [3.63, 3.8) is 0 Å². The van der Waals surface area contributed by atoms with Crippen LogP contribution in [0.2, 0.25) is 0 Å². The van der Waals surface area contributed by atoms with Gasteiger partial charge in [-0.25, -0.2) is 18.8 Å². The van der Waals surface area contributed by atoms with Gasteiger partial charge in [-0.2, -0.15) is 35.1 Å². The second-order valence-electron chi connectivity index (χ2n) is 11.5. The third-order valence-corrected chi connectivity index (χ3v) is 7.07. The SMILES string of the molecule is CC(F)(F)c1nnc2cnc(-c3ccc(OCC(F)(F)F)nc3)cn12.Cc1ccc(Oc2nnc3cnc(-c4cnc(OCC(F)(F)F)c(F)c4)cn23)cc1. The van der Waals surface area contributed by atoms with Crippen molar-refractivity contribution in [1.82, 2.24) is 49.1 Å². The van der Waals surface area contributed by atoms with E-state index in [9.17, 15) is 39.5 Å². The number of aromatic nitrogens is 10. The summed E-state index contributed by atoms with van der Waals surface area (Å²) in [7, 11) is 0. The minimum atomic E-state index is -4.60. The second-order valence-corrected chi connectivity index (χ2v) is 11.5. The highest BCUT2D eigenvalue weighted by atomic mass is 19.4. The second kappa shape index (κ2) is 15.0. The summed E-state index contributed by atoms with van der Waals surface area (Å²) in [5.41, 5.74) is 2.77. The van der Waals surface area contributed by atoms with Gasteiger partial charge in [-0.1, -0.05) is 22.8 Å². The number of nitrogens with zero attached hydrogens (tertiary/aromatic N) is 10. The zero-order valence-corrected chi connectivity index (χ0v) is 28.0. The molecule has 6 aromatic heterocycles. The number of alkyl halides is 8. The van der Waals surface area contributed by atoms with E-state index in [2.05, 4.69) is 49.8 Å². The third kappa shape index (κ3) is 9.69. The maximum Gasteiger partial charge on any atom is 0.422 e. The van der Waals surface area contributed by atoms with Crippen molar-refractivity contribution in [3.05, 3.63) is 96.9 Å². The van der Waals surface area contributed by atoms with Crippen molar-refractivity contribution in [2.75, 3.05) is 13.2 Å². The summed E-state index contributed by atoms with van der Waals surface area (Å²) < 4.78 is 131. The molecule has 22 heteroatoms. The molecule has 13 nitrogen and oxygen atoms in total. The number of rotatable bonds is 9. The maximum absolute atomic E-state index is 14.1. The molecule has 0 fully saturated rings. The first kappa shape index (κ1) is 38.1. The molecule has 6 heterocycles. The molecule has 0 bridgehead atoms. The summed E-state index contributed by atoms with van der Waals surface area (Å²) >= 11 is 0. The summed E-state index contributed by atoms with van der Waals surface area (Å²) in [6.07, 6.45) is -1.21. The van der Waals surface area contributed by atoms with Crippen molar-refractivity contribution in [3.8, 4) is 46.0 Å². The fourth-order valence-corrected chi connectivity index (χ4v) is 4.56. The van der Waals surface area contributed by atoms with E-state index in [0.29, 0.717) is 23.9 Å². The molecular formula is C33H23F9N10O3. The van der Waals surface area contributed by atoms with Crippen LogP contribution in [0.4, 0.5) is 39.5 Å². The topological polar surface area (TPSA) is 140 Å². The van der Waals surface area contributed by atoms with Gasteiger partial charge in [-0.3, -0.25) is 14.4 Å². The zero-order valence-electron chi connectivity index (χ0n) is 28.0. The molecule has 286 valence electrons. The van der Waals surface area contributed by atoms with Crippen LogP contribution in [0.1, 0.15) is 18.3 Å². The van der Waals surface area contributed by atoms with Gasteiger partial charge in [-0.15, -0.1) is 15.3 Å². The highest BCUT2D eigenvalue weighted by molar-refractivity contribution is 5.60. The van der Waals surface area contributed by atoms with Crippen LogP contribution in [0.15, 0.2) is 79.6 Å². The molecule has 0 saturated heterocycles. The Hall–Kier alpha value is -6.61. The summed E-state index contributed by atoms with van der Waals surface area (Å²) in [5.74, 6) is -5.21. The summed E-state index contributed by atoms with van der Waals surface area (Å²) in [5, 5.41) is 15.0. The predicted molar refractivity (Wildman–Crippen MR) is 172 cm³/mol. The Bertz CT molecular complexity index is 2410. The van der Waals surface area contributed by atoms with Crippen molar-refractivity contribution in [1.29, 1.82) is 0 Å². The smallest absolute Gasteiger partial charge is 0.422 e. The number of fused-ring (bicyclic) bond motifs is 2. The van der Waals surface area contributed by atoms with Gasteiger partial charge in [0.25, 0.3) is 5.88 Å². The Kier molecular flexibility index (Phi) is 10.4. The van der Waals surface area contributed by atoms with Crippen LogP contribution in [0.5, 0.6) is 23.5 Å². The molecule has 0 N–H and O–H groups in total. The van der Waals surface area contributed by atoms with Crippen LogP contribution < -0.4 is 14.2 Å². The van der Waals surface area contributed by atoms with Crippen molar-refractivity contribution in [2.24, 2.45) is 0 Å². The van der Waals surface area contributed by atoms with Crippen LogP contribution in [0.25, 0.3) is 33.8 Å². The number of aryl methyl sites for hydroxylation is 1. The Morgan fingerprint density at radius 3 is 1.85 bits per heavy atom. The molecule has 1 aromatic carbocycles. The number of hydrogen-bond donors (Lipinski definition) is 0. The normalized spacial score (nSPS) is 12.1. The van der Waals surface area contributed by atoms with Crippen LogP contribution >= 0.6 is 0 Å². The Morgan fingerprint density at radius 2 is 1.24 bits per heavy atom. The Morgan fingerprint density at radius 1 is 0.636 bits per heavy atom. The molecular weight excluding hydrogens is 755 g/mol. The molecule has 0 aliphatic heterocycles. The highest BCUT2D eigenvalue weighted by Crippen LogP contribution is 2.28. The number of hydrogen-bond acceptors (Lipinski definition) is 11. The summed E-state index contributed by atoms with van der Waals surface area (Å²) in [4.78, 5) is 15.6. The summed E-state index contributed by atoms with van der Waals surface area (Å²) in [6.45, 7) is -0.460. The van der Waals surface area contributed by atoms with Gasteiger partial charge in [0.2, 0.25) is 11.7 Å². The molecule has 55 heavy (non-hydrogen) atoms. The van der Waals surface area contributed by atoms with Crippen molar-refractivity contribution >= 4 is 11.3 Å². The Balaban J connectivity index is 0.000000190. The van der Waals surface area contributed by atoms with E-state index in [4.69, 9.17) is 4.74 Å². The highest BCUT2D eigenvalue weighted by Gasteiger charge is 2.32. The van der Waals surface area contributed by atoms with Crippen molar-refractivity contribution < 1.29 is 53.7 Å². The maximum atomic E-state index is 14.1. The van der Waals surface area contributed by atoms with Gasteiger partial charge in [-0.05, 0) is 31.2 Å². The lowest BCUT2D eigenvalue weighted by Gasteiger charge is -2.10. The molecule has 0 radical (unpaired) electrons. The van der Waals surface area contributed by atoms with Gasteiger partial charge in [0.05, 0.1) is 23.8 Å². The van der Waals surface area contributed by atoms with E-state index in [-0.39, 0.29) is 34.5 Å². The molecule has 7 rings (SSSR count). The fourth-order valence-electron chi connectivity index (χ4n) is 4.56. The molecule has 0 atom stereocenters. The fraction of sp³-hybridized carbons (Fsp3) is 0.212. The standard InChI is InChI=1S/C19H13F4N5O2.C14H10F5N5O/c1-11-2-4-13(5-3-11)30-18-27-26-16-8-24-15(9-28(16)18)12-6-14(20)17(25-7-12)29-10-19(21,22)23;1-13(15,16)12-23-22-10-5-20-9(6-24(10)12)8-2-3-11(21-4-8)25-7-14(17,18)19/h2-9H,10H2,1H3;2-6H,7H2,1H3. The van der Waals surface area contributed by atoms with Crippen LogP contribution in [-0.2, 0) is 5.92 Å². The first-order chi connectivity index (χ1) is 25.9. The number of benzene rings is 1. The molecule has 0 unspecified atom stereocenters. The minimum Gasteiger partial charge on any atom is -0.468 e. The van der Waals surface area contributed by atoms with Gasteiger partial charge in [0.15, 0.2) is 30.3 Å². The van der Waals surface area contributed by atoms with E-state index < -0.39 is 49.0 Å². The van der Waals surface area contributed by atoms with E-state index >= 15 is 0 Å². The van der Waals surface area contributed by atoms with Gasteiger partial charge < -0.3 is 14.2 Å². The average Bonchev–Trinajstić information content (AvgIpc) is 3.75. The lowest BCUT2D eigenvalue weighted by Crippen LogP contribution is -2.20. The first-order valence-electron chi connectivity index (χ1n) is 15.5. The van der Waals surface area contributed by atoms with E-state index in [1.54, 1.807) is 12.1 Å². The Labute approximate surface area is 302 Å².